The van der Waals surface area contributed by atoms with E-state index in [2.05, 4.69) is 0 Å². The van der Waals surface area contributed by atoms with Crippen LogP contribution < -0.4 is 0 Å². The lowest BCUT2D eigenvalue weighted by atomic mass is 9.79. The Morgan fingerprint density at radius 1 is 1.31 bits per heavy atom. The minimum Gasteiger partial charge on any atom is -0.477 e. The van der Waals surface area contributed by atoms with E-state index < -0.39 is 24.0 Å². The number of ether oxygens (including phenoxy) is 1. The fourth-order valence-corrected chi connectivity index (χ4v) is 4.78. The fraction of sp³-hybridized carbons (Fsp3) is 0.421. The molecule has 1 saturated heterocycles. The number of benzene rings is 1. The smallest absolute Gasteiger partial charge is 0.353 e. The third-order valence-corrected chi connectivity index (χ3v) is 6.06. The maximum Gasteiger partial charge on any atom is 0.353 e. The normalized spacial score (nSPS) is 25.6. The highest BCUT2D eigenvalue weighted by Gasteiger charge is 2.60. The first-order chi connectivity index (χ1) is 12.4. The lowest BCUT2D eigenvalue weighted by Gasteiger charge is -2.47. The number of hydrogen-bond acceptors (Lipinski definition) is 5. The number of amides is 1. The Labute approximate surface area is 156 Å². The molecule has 2 heterocycles. The number of esters is 1. The fourth-order valence-electron chi connectivity index (χ4n) is 3.74. The molecule has 0 unspecified atom stereocenters. The summed E-state index contributed by atoms with van der Waals surface area (Å²) in [6, 6.07) is 8.33. The SMILES string of the molecule is CCSC1=C(C(=O)O)N2C(=O)[C@H]([C@@H](C)OC(=O)c3ccccc3)[C@H]2[C@H]1C. The topological polar surface area (TPSA) is 83.9 Å². The molecule has 26 heavy (non-hydrogen) atoms. The molecule has 2 aliphatic heterocycles. The van der Waals surface area contributed by atoms with E-state index in [9.17, 15) is 19.5 Å². The predicted molar refractivity (Wildman–Crippen MR) is 97.4 cm³/mol. The second-order valence-corrected chi connectivity index (χ2v) is 7.75. The number of carboxylic acids is 1. The van der Waals surface area contributed by atoms with Crippen LogP contribution in [0.4, 0.5) is 0 Å². The Hall–Kier alpha value is -2.28. The summed E-state index contributed by atoms with van der Waals surface area (Å²) in [5, 5.41) is 9.54. The molecule has 4 atom stereocenters. The number of rotatable bonds is 6. The first-order valence-corrected chi connectivity index (χ1v) is 9.56. The number of nitrogens with zero attached hydrogens (tertiary/aromatic N) is 1. The number of carbonyl (C=O) groups is 3. The standard InChI is InChI=1S/C19H21NO5S/c1-4-26-16-10(2)14-13(17(21)20(14)15(16)18(22)23)11(3)25-19(24)12-8-6-5-7-9-12/h5-11,13-14H,4H2,1-3H3,(H,22,23)/t10-,11-,13-,14-/m1/s1. The van der Waals surface area contributed by atoms with Gasteiger partial charge in [0.25, 0.3) is 0 Å². The van der Waals surface area contributed by atoms with Crippen LogP contribution in [0.5, 0.6) is 0 Å². The van der Waals surface area contributed by atoms with Gasteiger partial charge in [-0.3, -0.25) is 4.79 Å². The molecule has 0 bridgehead atoms. The summed E-state index contributed by atoms with van der Waals surface area (Å²) < 4.78 is 5.50. The van der Waals surface area contributed by atoms with Gasteiger partial charge in [-0.15, -0.1) is 11.8 Å². The summed E-state index contributed by atoms with van der Waals surface area (Å²) >= 11 is 1.45. The minimum atomic E-state index is -1.09. The maximum absolute atomic E-state index is 12.6. The van der Waals surface area contributed by atoms with E-state index in [-0.39, 0.29) is 23.6 Å². The Morgan fingerprint density at radius 3 is 2.54 bits per heavy atom. The van der Waals surface area contributed by atoms with Gasteiger partial charge < -0.3 is 14.7 Å². The Bertz CT molecular complexity index is 775. The molecule has 0 aromatic heterocycles. The summed E-state index contributed by atoms with van der Waals surface area (Å²) in [4.78, 5) is 38.6. The molecular formula is C19H21NO5S. The van der Waals surface area contributed by atoms with Crippen LogP contribution in [-0.2, 0) is 14.3 Å². The summed E-state index contributed by atoms with van der Waals surface area (Å²) in [6.45, 7) is 5.57. The molecule has 0 saturated carbocycles. The molecule has 1 amide bonds. The summed E-state index contributed by atoms with van der Waals surface area (Å²) in [6.07, 6.45) is -0.625. The van der Waals surface area contributed by atoms with Gasteiger partial charge in [-0.2, -0.15) is 0 Å². The molecule has 0 spiro atoms. The van der Waals surface area contributed by atoms with Crippen LogP contribution in [0.3, 0.4) is 0 Å². The zero-order valence-corrected chi connectivity index (χ0v) is 15.7. The number of hydrogen-bond donors (Lipinski definition) is 1. The molecular weight excluding hydrogens is 354 g/mol. The van der Waals surface area contributed by atoms with Crippen molar-refractivity contribution in [1.29, 1.82) is 0 Å². The van der Waals surface area contributed by atoms with Crippen molar-refractivity contribution in [2.45, 2.75) is 32.9 Å². The minimum absolute atomic E-state index is 0.0807. The molecule has 6 nitrogen and oxygen atoms in total. The molecule has 1 N–H and O–H groups in total. The van der Waals surface area contributed by atoms with Crippen LogP contribution >= 0.6 is 11.8 Å². The monoisotopic (exact) mass is 375 g/mol. The zero-order chi connectivity index (χ0) is 19.0. The van der Waals surface area contributed by atoms with E-state index in [1.165, 1.54) is 16.7 Å². The molecule has 1 aromatic rings. The number of carboxylic acid groups (broad SMARTS) is 1. The van der Waals surface area contributed by atoms with Gasteiger partial charge in [-0.05, 0) is 24.8 Å². The van der Waals surface area contributed by atoms with E-state index in [0.717, 1.165) is 10.7 Å². The summed E-state index contributed by atoms with van der Waals surface area (Å²) in [7, 11) is 0. The third-order valence-electron chi connectivity index (χ3n) is 4.90. The Morgan fingerprint density at radius 2 is 1.96 bits per heavy atom. The number of thioether (sulfide) groups is 1. The van der Waals surface area contributed by atoms with Crippen molar-refractivity contribution in [2.24, 2.45) is 11.8 Å². The van der Waals surface area contributed by atoms with Crippen LogP contribution in [0.2, 0.25) is 0 Å². The Balaban J connectivity index is 1.77. The summed E-state index contributed by atoms with van der Waals surface area (Å²) in [5.41, 5.74) is 0.506. The van der Waals surface area contributed by atoms with E-state index in [4.69, 9.17) is 4.74 Å². The van der Waals surface area contributed by atoms with Gasteiger partial charge in [-0.1, -0.05) is 32.0 Å². The van der Waals surface area contributed by atoms with Crippen LogP contribution in [0.25, 0.3) is 0 Å². The highest BCUT2D eigenvalue weighted by atomic mass is 32.2. The van der Waals surface area contributed by atoms with Crippen molar-refractivity contribution in [3.8, 4) is 0 Å². The summed E-state index contributed by atoms with van der Waals surface area (Å²) in [5.74, 6) is -1.75. The number of fused-ring (bicyclic) bond motifs is 1. The molecule has 0 aliphatic carbocycles. The van der Waals surface area contributed by atoms with Crippen molar-refractivity contribution in [3.63, 3.8) is 0 Å². The molecule has 2 aliphatic rings. The predicted octanol–water partition coefficient (Wildman–Crippen LogP) is 2.76. The highest BCUT2D eigenvalue weighted by molar-refractivity contribution is 8.03. The lowest BCUT2D eigenvalue weighted by Crippen LogP contribution is -2.64. The molecule has 7 heteroatoms. The highest BCUT2D eigenvalue weighted by Crippen LogP contribution is 2.50. The first kappa shape index (κ1) is 18.5. The van der Waals surface area contributed by atoms with Gasteiger partial charge in [0.1, 0.15) is 11.8 Å². The second-order valence-electron chi connectivity index (χ2n) is 6.44. The van der Waals surface area contributed by atoms with Gasteiger partial charge in [0.05, 0.1) is 17.5 Å². The zero-order valence-electron chi connectivity index (χ0n) is 14.8. The number of aliphatic carboxylic acids is 1. The maximum atomic E-state index is 12.6. The second kappa shape index (κ2) is 7.15. The van der Waals surface area contributed by atoms with E-state index in [1.807, 2.05) is 13.8 Å². The third kappa shape index (κ3) is 2.90. The van der Waals surface area contributed by atoms with Crippen molar-refractivity contribution < 1.29 is 24.2 Å². The van der Waals surface area contributed by atoms with E-state index >= 15 is 0 Å². The van der Waals surface area contributed by atoms with E-state index in [0.29, 0.717) is 5.56 Å². The molecule has 1 fully saturated rings. The first-order valence-electron chi connectivity index (χ1n) is 8.57. The van der Waals surface area contributed by atoms with Gasteiger partial charge >= 0.3 is 11.9 Å². The van der Waals surface area contributed by atoms with Gasteiger partial charge in [0, 0.05) is 10.8 Å². The quantitative estimate of drug-likeness (QED) is 0.608. The van der Waals surface area contributed by atoms with Crippen molar-refractivity contribution in [1.82, 2.24) is 4.90 Å². The van der Waals surface area contributed by atoms with Gasteiger partial charge in [0.2, 0.25) is 5.91 Å². The lowest BCUT2D eigenvalue weighted by molar-refractivity contribution is -0.163. The molecule has 0 radical (unpaired) electrons. The van der Waals surface area contributed by atoms with Crippen molar-refractivity contribution >= 4 is 29.6 Å². The van der Waals surface area contributed by atoms with Crippen LogP contribution in [-0.4, -0.2) is 45.8 Å². The molecule has 1 aromatic carbocycles. The van der Waals surface area contributed by atoms with Crippen LogP contribution in [0, 0.1) is 11.8 Å². The largest absolute Gasteiger partial charge is 0.477 e. The van der Waals surface area contributed by atoms with E-state index in [1.54, 1.807) is 37.3 Å². The Kier molecular flexibility index (Phi) is 5.09. The van der Waals surface area contributed by atoms with Crippen LogP contribution in [0.1, 0.15) is 31.1 Å². The molecule has 138 valence electrons. The van der Waals surface area contributed by atoms with Crippen molar-refractivity contribution in [3.05, 3.63) is 46.5 Å². The van der Waals surface area contributed by atoms with Crippen LogP contribution in [0.15, 0.2) is 40.9 Å². The number of β-lactam (4-membered cyclic amide) rings is 1. The number of carbonyl (C=O) groups excluding carboxylic acids is 2. The molecule has 3 rings (SSSR count). The van der Waals surface area contributed by atoms with Gasteiger partial charge in [-0.25, -0.2) is 9.59 Å². The average Bonchev–Trinajstić information content (AvgIpc) is 2.85. The average molecular weight is 375 g/mol. The van der Waals surface area contributed by atoms with Crippen molar-refractivity contribution in [2.75, 3.05) is 5.75 Å². The van der Waals surface area contributed by atoms with Gasteiger partial charge in [0.15, 0.2) is 0 Å².